The fraction of sp³-hybridized carbons (Fsp3) is 0.455. The van der Waals surface area contributed by atoms with Gasteiger partial charge in [0, 0.05) is 16.6 Å². The van der Waals surface area contributed by atoms with Gasteiger partial charge in [0.1, 0.15) is 0 Å². The number of amides is 1. The van der Waals surface area contributed by atoms with Crippen LogP contribution in [0.3, 0.4) is 0 Å². The number of pyridine rings is 1. The van der Waals surface area contributed by atoms with Crippen LogP contribution in [0.15, 0.2) is 22.9 Å². The van der Waals surface area contributed by atoms with Gasteiger partial charge in [0.2, 0.25) is 5.91 Å². The number of carbonyl (C=O) groups excluding carboxylic acids is 1. The van der Waals surface area contributed by atoms with Crippen LogP contribution in [0.1, 0.15) is 20.3 Å². The minimum absolute atomic E-state index is 0.0971. The molecule has 0 bridgehead atoms. The minimum atomic E-state index is 0.0971. The largest absolute Gasteiger partial charge is 0.324 e. The van der Waals surface area contributed by atoms with Crippen molar-refractivity contribution < 1.29 is 4.79 Å². The molecule has 1 aromatic rings. The summed E-state index contributed by atoms with van der Waals surface area (Å²) in [6, 6.07) is 1.85. The molecule has 80 valence electrons. The molecule has 4 heteroatoms. The van der Waals surface area contributed by atoms with Crippen molar-refractivity contribution in [2.75, 3.05) is 5.32 Å². The Hall–Kier alpha value is -0.900. The molecule has 0 aromatic carbocycles. The van der Waals surface area contributed by atoms with E-state index in [-0.39, 0.29) is 17.2 Å². The third-order valence-corrected chi connectivity index (χ3v) is 3.24. The predicted octanol–water partition coefficient (Wildman–Crippen LogP) is 2.83. The zero-order valence-electron chi connectivity index (χ0n) is 8.75. The number of aromatic nitrogens is 1. The van der Waals surface area contributed by atoms with Gasteiger partial charge in [0.25, 0.3) is 0 Å². The van der Waals surface area contributed by atoms with E-state index in [0.717, 1.165) is 16.6 Å². The van der Waals surface area contributed by atoms with Crippen molar-refractivity contribution in [2.24, 2.45) is 11.3 Å². The van der Waals surface area contributed by atoms with Crippen LogP contribution in [0, 0.1) is 11.3 Å². The van der Waals surface area contributed by atoms with Crippen molar-refractivity contribution >= 4 is 27.5 Å². The zero-order valence-corrected chi connectivity index (χ0v) is 10.3. The van der Waals surface area contributed by atoms with Crippen LogP contribution >= 0.6 is 15.9 Å². The van der Waals surface area contributed by atoms with E-state index in [1.807, 2.05) is 6.07 Å². The average Bonchev–Trinajstić information content (AvgIpc) is 2.75. The molecule has 1 aromatic heterocycles. The molecule has 0 saturated heterocycles. The van der Waals surface area contributed by atoms with Gasteiger partial charge >= 0.3 is 0 Å². The second-order valence-electron chi connectivity index (χ2n) is 4.63. The highest BCUT2D eigenvalue weighted by Gasteiger charge is 2.50. The van der Waals surface area contributed by atoms with E-state index in [4.69, 9.17) is 0 Å². The monoisotopic (exact) mass is 268 g/mol. The normalized spacial score (nSPS) is 22.2. The van der Waals surface area contributed by atoms with Crippen molar-refractivity contribution in [3.05, 3.63) is 22.9 Å². The molecule has 1 aliphatic rings. The Morgan fingerprint density at radius 2 is 2.27 bits per heavy atom. The third-order valence-electron chi connectivity index (χ3n) is 2.80. The van der Waals surface area contributed by atoms with E-state index in [1.165, 1.54) is 0 Å². The van der Waals surface area contributed by atoms with Crippen LogP contribution in [-0.2, 0) is 4.79 Å². The zero-order chi connectivity index (χ0) is 11.1. The van der Waals surface area contributed by atoms with Gasteiger partial charge < -0.3 is 5.32 Å². The maximum absolute atomic E-state index is 11.7. The van der Waals surface area contributed by atoms with Crippen LogP contribution in [0.5, 0.6) is 0 Å². The summed E-state index contributed by atoms with van der Waals surface area (Å²) in [6.07, 6.45) is 4.31. The lowest BCUT2D eigenvalue weighted by molar-refractivity contribution is -0.118. The van der Waals surface area contributed by atoms with Gasteiger partial charge in [-0.15, -0.1) is 0 Å². The van der Waals surface area contributed by atoms with Crippen molar-refractivity contribution in [1.29, 1.82) is 0 Å². The number of carbonyl (C=O) groups is 1. The number of rotatable bonds is 2. The molecule has 0 radical (unpaired) electrons. The molecule has 0 spiro atoms. The van der Waals surface area contributed by atoms with Crippen LogP contribution in [-0.4, -0.2) is 10.9 Å². The van der Waals surface area contributed by atoms with Gasteiger partial charge in [-0.3, -0.25) is 9.78 Å². The summed E-state index contributed by atoms with van der Waals surface area (Å²) in [5.41, 5.74) is 0.917. The SMILES string of the molecule is CC1(C)CC1C(=O)Nc1cncc(Br)c1. The van der Waals surface area contributed by atoms with Gasteiger partial charge in [-0.05, 0) is 33.8 Å². The van der Waals surface area contributed by atoms with Crippen LogP contribution in [0.2, 0.25) is 0 Å². The molecule has 2 rings (SSSR count). The average molecular weight is 269 g/mol. The molecule has 3 nitrogen and oxygen atoms in total. The van der Waals surface area contributed by atoms with Crippen molar-refractivity contribution in [3.8, 4) is 0 Å². The molecule has 1 saturated carbocycles. The second-order valence-corrected chi connectivity index (χ2v) is 5.54. The molecule has 1 amide bonds. The molecular formula is C11H13BrN2O. The quantitative estimate of drug-likeness (QED) is 0.897. The Bertz CT molecular complexity index is 403. The molecule has 1 aliphatic carbocycles. The lowest BCUT2D eigenvalue weighted by Crippen LogP contribution is -2.16. The summed E-state index contributed by atoms with van der Waals surface area (Å²) in [7, 11) is 0. The first-order valence-electron chi connectivity index (χ1n) is 4.90. The number of halogens is 1. The van der Waals surface area contributed by atoms with Gasteiger partial charge in [-0.1, -0.05) is 13.8 Å². The molecule has 15 heavy (non-hydrogen) atoms. The topological polar surface area (TPSA) is 42.0 Å². The first kappa shape index (κ1) is 10.6. The first-order chi connectivity index (χ1) is 6.99. The third kappa shape index (κ3) is 2.37. The summed E-state index contributed by atoms with van der Waals surface area (Å²) in [6.45, 7) is 4.22. The van der Waals surface area contributed by atoms with E-state index in [0.29, 0.717) is 0 Å². The van der Waals surface area contributed by atoms with Crippen LogP contribution in [0.4, 0.5) is 5.69 Å². The number of hydrogen-bond acceptors (Lipinski definition) is 2. The standard InChI is InChI=1S/C11H13BrN2O/c1-11(2)4-9(11)10(15)14-8-3-7(12)5-13-6-8/h3,5-6,9H,4H2,1-2H3,(H,14,15). The van der Waals surface area contributed by atoms with E-state index < -0.39 is 0 Å². The molecule has 0 aliphatic heterocycles. The van der Waals surface area contributed by atoms with Gasteiger partial charge in [0.05, 0.1) is 11.9 Å². The fourth-order valence-corrected chi connectivity index (χ4v) is 1.99. The number of hydrogen-bond donors (Lipinski definition) is 1. The molecule has 1 fully saturated rings. The summed E-state index contributed by atoms with van der Waals surface area (Å²) in [5, 5.41) is 2.87. The summed E-state index contributed by atoms with van der Waals surface area (Å²) < 4.78 is 0.871. The predicted molar refractivity (Wildman–Crippen MR) is 62.5 cm³/mol. The highest BCUT2D eigenvalue weighted by Crippen LogP contribution is 2.51. The van der Waals surface area contributed by atoms with Crippen molar-refractivity contribution in [1.82, 2.24) is 4.98 Å². The van der Waals surface area contributed by atoms with Crippen molar-refractivity contribution in [2.45, 2.75) is 20.3 Å². The maximum Gasteiger partial charge on any atom is 0.228 e. The summed E-state index contributed by atoms with van der Waals surface area (Å²) >= 11 is 3.31. The van der Waals surface area contributed by atoms with Gasteiger partial charge in [0.15, 0.2) is 0 Å². The first-order valence-corrected chi connectivity index (χ1v) is 5.70. The molecular weight excluding hydrogens is 256 g/mol. The lowest BCUT2D eigenvalue weighted by atomic mass is 10.1. The Labute approximate surface area is 97.4 Å². The summed E-state index contributed by atoms with van der Waals surface area (Å²) in [4.78, 5) is 15.7. The highest BCUT2D eigenvalue weighted by molar-refractivity contribution is 9.10. The Morgan fingerprint density at radius 1 is 1.60 bits per heavy atom. The highest BCUT2D eigenvalue weighted by atomic mass is 79.9. The Balaban J connectivity index is 2.01. The van der Waals surface area contributed by atoms with Gasteiger partial charge in [-0.25, -0.2) is 0 Å². The number of nitrogens with zero attached hydrogens (tertiary/aromatic N) is 1. The van der Waals surface area contributed by atoms with E-state index in [2.05, 4.69) is 40.1 Å². The minimum Gasteiger partial charge on any atom is -0.324 e. The van der Waals surface area contributed by atoms with Crippen molar-refractivity contribution in [3.63, 3.8) is 0 Å². The Kier molecular flexibility index (Phi) is 2.54. The smallest absolute Gasteiger partial charge is 0.228 e. The molecule has 1 unspecified atom stereocenters. The van der Waals surface area contributed by atoms with Crippen LogP contribution in [0.25, 0.3) is 0 Å². The Morgan fingerprint density at radius 3 is 2.80 bits per heavy atom. The second kappa shape index (κ2) is 3.59. The molecule has 1 N–H and O–H groups in total. The molecule has 1 heterocycles. The van der Waals surface area contributed by atoms with Crippen LogP contribution < -0.4 is 5.32 Å². The van der Waals surface area contributed by atoms with E-state index >= 15 is 0 Å². The maximum atomic E-state index is 11.7. The molecule has 1 atom stereocenters. The number of anilines is 1. The van der Waals surface area contributed by atoms with E-state index in [9.17, 15) is 4.79 Å². The summed E-state index contributed by atoms with van der Waals surface area (Å²) in [5.74, 6) is 0.247. The van der Waals surface area contributed by atoms with Gasteiger partial charge in [-0.2, -0.15) is 0 Å². The number of nitrogens with one attached hydrogen (secondary N) is 1. The van der Waals surface area contributed by atoms with E-state index in [1.54, 1.807) is 12.4 Å². The fourth-order valence-electron chi connectivity index (χ4n) is 1.62. The lowest BCUT2D eigenvalue weighted by Gasteiger charge is -2.06.